The van der Waals surface area contributed by atoms with Crippen molar-refractivity contribution < 1.29 is 5.11 Å². The molecule has 0 radical (unpaired) electrons. The van der Waals surface area contributed by atoms with Crippen LogP contribution in [0.15, 0.2) is 37.4 Å². The van der Waals surface area contributed by atoms with E-state index < -0.39 is 0 Å². The molecule has 0 saturated heterocycles. The van der Waals surface area contributed by atoms with Gasteiger partial charge in [0.2, 0.25) is 0 Å². The minimum absolute atomic E-state index is 0.382. The minimum Gasteiger partial charge on any atom is -0.507 e. The van der Waals surface area contributed by atoms with Crippen molar-refractivity contribution in [3.63, 3.8) is 0 Å². The first-order chi connectivity index (χ1) is 8.08. The maximum absolute atomic E-state index is 10.1. The number of phenols is 1. The van der Waals surface area contributed by atoms with Crippen LogP contribution in [0.25, 0.3) is 0 Å². The Morgan fingerprint density at radius 1 is 1.12 bits per heavy atom. The van der Waals surface area contributed by atoms with Crippen molar-refractivity contribution in [2.75, 3.05) is 14.1 Å². The molecule has 0 atom stereocenters. The van der Waals surface area contributed by atoms with Crippen molar-refractivity contribution in [3.8, 4) is 5.75 Å². The molecule has 92 valence electrons. The predicted molar refractivity (Wildman–Crippen MR) is 73.3 cm³/mol. The van der Waals surface area contributed by atoms with E-state index in [1.807, 2.05) is 38.4 Å². The second-order valence-corrected chi connectivity index (χ2v) is 4.49. The van der Waals surface area contributed by atoms with Crippen LogP contribution in [0.3, 0.4) is 0 Å². The van der Waals surface area contributed by atoms with E-state index in [1.165, 1.54) is 5.56 Å². The van der Waals surface area contributed by atoms with Crippen molar-refractivity contribution in [1.82, 2.24) is 4.90 Å². The summed E-state index contributed by atoms with van der Waals surface area (Å²) in [5.74, 6) is 0.382. The summed E-state index contributed by atoms with van der Waals surface area (Å²) < 4.78 is 0. The molecule has 17 heavy (non-hydrogen) atoms. The summed E-state index contributed by atoms with van der Waals surface area (Å²) in [6, 6.07) is 4.09. The van der Waals surface area contributed by atoms with Crippen LogP contribution in [0.1, 0.15) is 16.7 Å². The molecule has 1 aromatic carbocycles. The molecular weight excluding hydrogens is 210 g/mol. The number of hydrogen-bond donors (Lipinski definition) is 1. The Labute approximate surface area is 104 Å². The lowest BCUT2D eigenvalue weighted by atomic mass is 9.99. The molecule has 0 aliphatic heterocycles. The molecule has 0 unspecified atom stereocenters. The van der Waals surface area contributed by atoms with Crippen LogP contribution in [-0.4, -0.2) is 24.1 Å². The number of hydrogen-bond acceptors (Lipinski definition) is 2. The highest BCUT2D eigenvalue weighted by Gasteiger charge is 2.08. The third-order valence-corrected chi connectivity index (χ3v) is 2.55. The van der Waals surface area contributed by atoms with E-state index >= 15 is 0 Å². The molecule has 1 aromatic rings. The predicted octanol–water partition coefficient (Wildman–Crippen LogP) is 2.91. The molecule has 1 N–H and O–H groups in total. The Morgan fingerprint density at radius 2 is 1.59 bits per heavy atom. The van der Waals surface area contributed by atoms with Crippen molar-refractivity contribution >= 4 is 0 Å². The minimum atomic E-state index is 0.382. The Bertz CT molecular complexity index is 376. The van der Waals surface area contributed by atoms with E-state index in [4.69, 9.17) is 0 Å². The normalized spacial score (nSPS) is 10.5. The molecule has 0 heterocycles. The van der Waals surface area contributed by atoms with Gasteiger partial charge < -0.3 is 10.0 Å². The molecule has 0 aliphatic carbocycles. The molecule has 0 saturated carbocycles. The fourth-order valence-electron chi connectivity index (χ4n) is 1.91. The van der Waals surface area contributed by atoms with Gasteiger partial charge >= 0.3 is 0 Å². The summed E-state index contributed by atoms with van der Waals surface area (Å²) in [5, 5.41) is 10.1. The molecule has 0 aromatic heterocycles. The van der Waals surface area contributed by atoms with Crippen molar-refractivity contribution in [2.24, 2.45) is 0 Å². The van der Waals surface area contributed by atoms with Gasteiger partial charge in [0.1, 0.15) is 5.75 Å². The molecule has 0 aliphatic rings. The number of phenolic OH excluding ortho intramolecular Hbond substituents is 1. The topological polar surface area (TPSA) is 23.5 Å². The Morgan fingerprint density at radius 3 is 1.94 bits per heavy atom. The van der Waals surface area contributed by atoms with Crippen LogP contribution in [0.5, 0.6) is 5.75 Å². The van der Waals surface area contributed by atoms with Gasteiger partial charge in [-0.25, -0.2) is 0 Å². The Balaban J connectivity index is 3.15. The molecule has 2 nitrogen and oxygen atoms in total. The first-order valence-electron chi connectivity index (χ1n) is 5.78. The third kappa shape index (κ3) is 3.75. The van der Waals surface area contributed by atoms with Crippen molar-refractivity contribution in [3.05, 3.63) is 54.1 Å². The monoisotopic (exact) mass is 231 g/mol. The maximum atomic E-state index is 10.1. The Hall–Kier alpha value is -1.54. The quantitative estimate of drug-likeness (QED) is 0.761. The van der Waals surface area contributed by atoms with Gasteiger partial charge in [-0.2, -0.15) is 0 Å². The molecule has 1 rings (SSSR count). The van der Waals surface area contributed by atoms with Crippen molar-refractivity contribution in [2.45, 2.75) is 19.4 Å². The second kappa shape index (κ2) is 6.26. The molecule has 2 heteroatoms. The van der Waals surface area contributed by atoms with E-state index in [0.717, 1.165) is 17.7 Å². The molecule has 0 amide bonds. The fourth-order valence-corrected chi connectivity index (χ4v) is 1.91. The first kappa shape index (κ1) is 13.5. The molecule has 0 fully saturated rings. The zero-order valence-corrected chi connectivity index (χ0v) is 10.7. The highest BCUT2D eigenvalue weighted by atomic mass is 16.3. The maximum Gasteiger partial charge on any atom is 0.122 e. The van der Waals surface area contributed by atoms with Crippen LogP contribution in [-0.2, 0) is 19.4 Å². The summed E-state index contributed by atoms with van der Waals surface area (Å²) in [5.41, 5.74) is 3.09. The summed E-state index contributed by atoms with van der Waals surface area (Å²) in [7, 11) is 4.07. The lowest BCUT2D eigenvalue weighted by Gasteiger charge is -2.14. The first-order valence-corrected chi connectivity index (χ1v) is 5.78. The van der Waals surface area contributed by atoms with Gasteiger partial charge in [0.15, 0.2) is 0 Å². The van der Waals surface area contributed by atoms with Gasteiger partial charge in [0.05, 0.1) is 0 Å². The molecule has 0 spiro atoms. The zero-order valence-electron chi connectivity index (χ0n) is 10.7. The van der Waals surface area contributed by atoms with E-state index in [-0.39, 0.29) is 0 Å². The van der Waals surface area contributed by atoms with Crippen LogP contribution >= 0.6 is 0 Å². The largest absolute Gasteiger partial charge is 0.507 e. The highest BCUT2D eigenvalue weighted by molar-refractivity contribution is 5.45. The lowest BCUT2D eigenvalue weighted by molar-refractivity contribution is 0.401. The van der Waals surface area contributed by atoms with E-state index in [9.17, 15) is 5.11 Å². The van der Waals surface area contributed by atoms with Crippen LogP contribution in [0.2, 0.25) is 0 Å². The zero-order chi connectivity index (χ0) is 12.8. The van der Waals surface area contributed by atoms with E-state index in [0.29, 0.717) is 18.6 Å². The lowest BCUT2D eigenvalue weighted by Crippen LogP contribution is -2.11. The number of benzene rings is 1. The number of allylic oxidation sites excluding steroid dienone is 2. The molecule has 0 bridgehead atoms. The Kier molecular flexibility index (Phi) is 4.98. The number of rotatable bonds is 6. The SMILES string of the molecule is C=CCc1cc(CN(C)C)cc(CC=C)c1O. The van der Waals surface area contributed by atoms with Gasteiger partial charge in [-0.1, -0.05) is 24.3 Å². The number of aromatic hydroxyl groups is 1. The van der Waals surface area contributed by atoms with Gasteiger partial charge in [-0.15, -0.1) is 13.2 Å². The number of nitrogens with zero attached hydrogens (tertiary/aromatic N) is 1. The van der Waals surface area contributed by atoms with Crippen LogP contribution in [0.4, 0.5) is 0 Å². The third-order valence-electron chi connectivity index (χ3n) is 2.55. The summed E-state index contributed by atoms with van der Waals surface area (Å²) in [4.78, 5) is 2.11. The average Bonchev–Trinajstić information content (AvgIpc) is 2.24. The van der Waals surface area contributed by atoms with Gasteiger partial charge in [0.25, 0.3) is 0 Å². The summed E-state index contributed by atoms with van der Waals surface area (Å²) >= 11 is 0. The van der Waals surface area contributed by atoms with Gasteiger partial charge in [-0.3, -0.25) is 0 Å². The van der Waals surface area contributed by atoms with E-state index in [2.05, 4.69) is 18.1 Å². The highest BCUT2D eigenvalue weighted by Crippen LogP contribution is 2.26. The smallest absolute Gasteiger partial charge is 0.122 e. The van der Waals surface area contributed by atoms with E-state index in [1.54, 1.807) is 0 Å². The summed E-state index contributed by atoms with van der Waals surface area (Å²) in [6.07, 6.45) is 5.01. The molecular formula is C15H21NO. The summed E-state index contributed by atoms with van der Waals surface area (Å²) in [6.45, 7) is 8.31. The van der Waals surface area contributed by atoms with Crippen LogP contribution in [0, 0.1) is 0 Å². The standard InChI is InChI=1S/C15H21NO/c1-5-7-13-9-12(11-16(3)4)10-14(8-6-2)15(13)17/h5-6,9-10,17H,1-2,7-8,11H2,3-4H3. The van der Waals surface area contributed by atoms with Gasteiger partial charge in [-0.05, 0) is 43.6 Å². The second-order valence-electron chi connectivity index (χ2n) is 4.49. The fraction of sp³-hybridized carbons (Fsp3) is 0.333. The van der Waals surface area contributed by atoms with Crippen molar-refractivity contribution in [1.29, 1.82) is 0 Å². The van der Waals surface area contributed by atoms with Gasteiger partial charge in [0, 0.05) is 6.54 Å². The van der Waals surface area contributed by atoms with Crippen LogP contribution < -0.4 is 0 Å². The average molecular weight is 231 g/mol.